The van der Waals surface area contributed by atoms with Gasteiger partial charge in [-0.1, -0.05) is 29.3 Å². The van der Waals surface area contributed by atoms with Crippen LogP contribution in [-0.2, 0) is 11.3 Å². The molecular weight excluding hydrogens is 371 g/mol. The minimum atomic E-state index is 0.171. The molecular formula is C19H28Cl2N4O. The number of aliphatic imine (C=N–C) groups is 1. The van der Waals surface area contributed by atoms with Gasteiger partial charge in [-0.2, -0.15) is 0 Å². The highest BCUT2D eigenvalue weighted by atomic mass is 35.5. The molecule has 0 atom stereocenters. The van der Waals surface area contributed by atoms with Crippen molar-refractivity contribution in [2.75, 3.05) is 39.9 Å². The van der Waals surface area contributed by atoms with Gasteiger partial charge >= 0.3 is 0 Å². The van der Waals surface area contributed by atoms with Crippen molar-refractivity contribution in [3.05, 3.63) is 33.8 Å². The molecule has 5 nitrogen and oxygen atoms in total. The number of hydrogen-bond donors (Lipinski definition) is 2. The minimum Gasteiger partial charge on any atom is -0.381 e. The van der Waals surface area contributed by atoms with Crippen LogP contribution in [0.5, 0.6) is 0 Å². The van der Waals surface area contributed by atoms with Gasteiger partial charge in [0.15, 0.2) is 5.96 Å². The number of rotatable bonds is 5. The second-order valence-electron chi connectivity index (χ2n) is 7.05. The molecule has 2 fully saturated rings. The number of hydrogen-bond acceptors (Lipinski definition) is 3. The first-order chi connectivity index (χ1) is 12.6. The van der Waals surface area contributed by atoms with E-state index in [9.17, 15) is 0 Å². The van der Waals surface area contributed by atoms with Crippen LogP contribution >= 0.6 is 23.2 Å². The summed E-state index contributed by atoms with van der Waals surface area (Å²) in [6.45, 7) is 5.54. The van der Waals surface area contributed by atoms with Gasteiger partial charge in [0.2, 0.25) is 0 Å². The molecule has 0 radical (unpaired) electrons. The number of guanidine groups is 1. The molecule has 0 saturated carbocycles. The van der Waals surface area contributed by atoms with Crippen LogP contribution in [0.1, 0.15) is 31.2 Å². The summed E-state index contributed by atoms with van der Waals surface area (Å²) in [6.07, 6.45) is 4.73. The lowest BCUT2D eigenvalue weighted by molar-refractivity contribution is -0.0164. The normalized spacial score (nSPS) is 21.0. The summed E-state index contributed by atoms with van der Waals surface area (Å²) in [5.74, 6) is 0.793. The van der Waals surface area contributed by atoms with Crippen molar-refractivity contribution in [1.82, 2.24) is 15.5 Å². The summed E-state index contributed by atoms with van der Waals surface area (Å²) >= 11 is 12.2. The monoisotopic (exact) mass is 398 g/mol. The Hall–Kier alpha value is -1.01. The fourth-order valence-electron chi connectivity index (χ4n) is 3.86. The Kier molecular flexibility index (Phi) is 7.04. The predicted octanol–water partition coefficient (Wildman–Crippen LogP) is 3.30. The van der Waals surface area contributed by atoms with Gasteiger partial charge in [-0.15, -0.1) is 0 Å². The van der Waals surface area contributed by atoms with Gasteiger partial charge in [-0.05, 0) is 56.5 Å². The van der Waals surface area contributed by atoms with E-state index in [2.05, 4.69) is 20.5 Å². The molecule has 0 spiro atoms. The van der Waals surface area contributed by atoms with E-state index in [0.29, 0.717) is 16.6 Å². The largest absolute Gasteiger partial charge is 0.381 e. The Labute approximate surface area is 166 Å². The van der Waals surface area contributed by atoms with Crippen LogP contribution in [0, 0.1) is 0 Å². The van der Waals surface area contributed by atoms with Crippen molar-refractivity contribution < 1.29 is 4.74 Å². The van der Waals surface area contributed by atoms with Crippen molar-refractivity contribution in [2.45, 2.75) is 37.8 Å². The number of halogens is 2. The average Bonchev–Trinajstić information content (AvgIpc) is 3.19. The Balaban J connectivity index is 1.58. The standard InChI is InChI=1S/C19H28Cl2N4O/c1-22-18(23-13-15-4-5-16(20)12-17(15)21)24-14-19(6-10-26-11-7-19)25-8-2-3-9-25/h4-5,12H,2-3,6-11,13-14H2,1H3,(H2,22,23,24). The topological polar surface area (TPSA) is 48.9 Å². The lowest BCUT2D eigenvalue weighted by atomic mass is 9.88. The molecule has 26 heavy (non-hydrogen) atoms. The SMILES string of the molecule is CN=C(NCc1ccc(Cl)cc1Cl)NCC1(N2CCCC2)CCOCC1. The highest BCUT2D eigenvalue weighted by Gasteiger charge is 2.39. The molecule has 2 saturated heterocycles. The molecule has 1 aromatic rings. The van der Waals surface area contributed by atoms with E-state index >= 15 is 0 Å². The van der Waals surface area contributed by atoms with Crippen LogP contribution in [0.3, 0.4) is 0 Å². The molecule has 2 aliphatic rings. The van der Waals surface area contributed by atoms with Crippen LogP contribution in [0.25, 0.3) is 0 Å². The first-order valence-corrected chi connectivity index (χ1v) is 10.1. The zero-order valence-electron chi connectivity index (χ0n) is 15.4. The van der Waals surface area contributed by atoms with E-state index < -0.39 is 0 Å². The molecule has 2 aliphatic heterocycles. The summed E-state index contributed by atoms with van der Waals surface area (Å²) in [7, 11) is 1.80. The summed E-state index contributed by atoms with van der Waals surface area (Å²) in [6, 6.07) is 5.56. The molecule has 0 aliphatic carbocycles. The summed E-state index contributed by atoms with van der Waals surface area (Å²) in [5, 5.41) is 8.20. The first-order valence-electron chi connectivity index (χ1n) is 9.34. The Bertz CT molecular complexity index is 626. The molecule has 0 unspecified atom stereocenters. The number of nitrogens with one attached hydrogen (secondary N) is 2. The van der Waals surface area contributed by atoms with Gasteiger partial charge in [0.1, 0.15) is 0 Å². The lowest BCUT2D eigenvalue weighted by Crippen LogP contribution is -2.58. The highest BCUT2D eigenvalue weighted by molar-refractivity contribution is 6.35. The van der Waals surface area contributed by atoms with Crippen molar-refractivity contribution in [2.24, 2.45) is 4.99 Å². The summed E-state index contributed by atoms with van der Waals surface area (Å²) < 4.78 is 5.62. The van der Waals surface area contributed by atoms with Crippen LogP contribution in [0.15, 0.2) is 23.2 Å². The van der Waals surface area contributed by atoms with E-state index in [-0.39, 0.29) is 5.54 Å². The molecule has 2 N–H and O–H groups in total. The minimum absolute atomic E-state index is 0.171. The van der Waals surface area contributed by atoms with E-state index in [0.717, 1.165) is 44.1 Å². The molecule has 0 amide bonds. The van der Waals surface area contributed by atoms with Gasteiger partial charge in [0, 0.05) is 48.9 Å². The molecule has 1 aromatic carbocycles. The molecule has 7 heteroatoms. The first kappa shape index (κ1) is 19.7. The van der Waals surface area contributed by atoms with E-state index in [1.54, 1.807) is 13.1 Å². The van der Waals surface area contributed by atoms with Crippen molar-refractivity contribution >= 4 is 29.2 Å². The third kappa shape index (κ3) is 4.83. The van der Waals surface area contributed by atoms with Crippen molar-refractivity contribution in [3.8, 4) is 0 Å². The maximum atomic E-state index is 6.26. The predicted molar refractivity (Wildman–Crippen MR) is 108 cm³/mol. The van der Waals surface area contributed by atoms with Gasteiger partial charge in [0.05, 0.1) is 0 Å². The molecule has 0 bridgehead atoms. The Morgan fingerprint density at radius 1 is 1.19 bits per heavy atom. The Morgan fingerprint density at radius 2 is 1.92 bits per heavy atom. The number of nitrogens with zero attached hydrogens (tertiary/aromatic N) is 2. The summed E-state index contributed by atoms with van der Waals surface area (Å²) in [5.41, 5.74) is 1.17. The maximum absolute atomic E-state index is 6.26. The van der Waals surface area contributed by atoms with Crippen LogP contribution in [-0.4, -0.2) is 56.3 Å². The van der Waals surface area contributed by atoms with Crippen molar-refractivity contribution in [1.29, 1.82) is 0 Å². The molecule has 0 aromatic heterocycles. The van der Waals surface area contributed by atoms with E-state index in [1.165, 1.54) is 25.9 Å². The van der Waals surface area contributed by atoms with E-state index in [4.69, 9.17) is 27.9 Å². The number of ether oxygens (including phenoxy) is 1. The number of likely N-dealkylation sites (tertiary alicyclic amines) is 1. The maximum Gasteiger partial charge on any atom is 0.191 e. The lowest BCUT2D eigenvalue weighted by Gasteiger charge is -2.45. The summed E-state index contributed by atoms with van der Waals surface area (Å²) in [4.78, 5) is 7.01. The smallest absolute Gasteiger partial charge is 0.191 e. The third-order valence-corrected chi connectivity index (χ3v) is 6.06. The van der Waals surface area contributed by atoms with Crippen LogP contribution in [0.4, 0.5) is 0 Å². The fourth-order valence-corrected chi connectivity index (χ4v) is 4.34. The second kappa shape index (κ2) is 9.27. The van der Waals surface area contributed by atoms with Gasteiger partial charge in [-0.3, -0.25) is 9.89 Å². The second-order valence-corrected chi connectivity index (χ2v) is 7.89. The van der Waals surface area contributed by atoms with Gasteiger partial charge in [0.25, 0.3) is 0 Å². The fraction of sp³-hybridized carbons (Fsp3) is 0.632. The van der Waals surface area contributed by atoms with Crippen LogP contribution < -0.4 is 10.6 Å². The quantitative estimate of drug-likeness (QED) is 0.589. The molecule has 2 heterocycles. The number of benzene rings is 1. The zero-order chi connectivity index (χ0) is 18.4. The zero-order valence-corrected chi connectivity index (χ0v) is 16.9. The molecule has 144 valence electrons. The van der Waals surface area contributed by atoms with Gasteiger partial charge in [-0.25, -0.2) is 0 Å². The van der Waals surface area contributed by atoms with Crippen molar-refractivity contribution in [3.63, 3.8) is 0 Å². The average molecular weight is 399 g/mol. The molecule has 3 rings (SSSR count). The van der Waals surface area contributed by atoms with Crippen LogP contribution in [0.2, 0.25) is 10.0 Å². The Morgan fingerprint density at radius 3 is 2.58 bits per heavy atom. The third-order valence-electron chi connectivity index (χ3n) is 5.47. The van der Waals surface area contributed by atoms with E-state index in [1.807, 2.05) is 12.1 Å². The van der Waals surface area contributed by atoms with Gasteiger partial charge < -0.3 is 15.4 Å². The highest BCUT2D eigenvalue weighted by Crippen LogP contribution is 2.30.